The van der Waals surface area contributed by atoms with Crippen molar-refractivity contribution in [3.05, 3.63) is 59.9 Å². The molecule has 1 aromatic carbocycles. The zero-order valence-electron chi connectivity index (χ0n) is 14.1. The van der Waals surface area contributed by atoms with Crippen molar-refractivity contribution in [3.8, 4) is 5.75 Å². The molecule has 0 atom stereocenters. The molecule has 0 saturated carbocycles. The molecule has 1 amide bonds. The Morgan fingerprint density at radius 2 is 2.04 bits per heavy atom. The second kappa shape index (κ2) is 7.93. The van der Waals surface area contributed by atoms with Gasteiger partial charge in [0, 0.05) is 12.1 Å². The predicted octanol–water partition coefficient (Wildman–Crippen LogP) is 0.115. The van der Waals surface area contributed by atoms with Crippen molar-refractivity contribution in [3.63, 3.8) is 0 Å². The quantitative estimate of drug-likeness (QED) is 0.848. The van der Waals surface area contributed by atoms with Crippen LogP contribution in [0.3, 0.4) is 0 Å². The number of hydrogen-bond donors (Lipinski definition) is 1. The van der Waals surface area contributed by atoms with E-state index >= 15 is 0 Å². The van der Waals surface area contributed by atoms with Crippen LogP contribution in [0.25, 0.3) is 0 Å². The van der Waals surface area contributed by atoms with Gasteiger partial charge >= 0.3 is 0 Å². The summed E-state index contributed by atoms with van der Waals surface area (Å²) in [6.07, 6.45) is 1.96. The lowest BCUT2D eigenvalue weighted by Gasteiger charge is -2.31. The van der Waals surface area contributed by atoms with Crippen molar-refractivity contribution >= 4 is 5.91 Å². The molecule has 126 valence electrons. The van der Waals surface area contributed by atoms with E-state index in [9.17, 15) is 4.79 Å². The molecule has 1 aliphatic heterocycles. The van der Waals surface area contributed by atoms with Crippen molar-refractivity contribution in [1.82, 2.24) is 4.90 Å². The number of carbonyl (C=O) groups is 1. The van der Waals surface area contributed by atoms with Crippen molar-refractivity contribution < 1.29 is 19.4 Å². The first-order chi connectivity index (χ1) is 11.7. The van der Waals surface area contributed by atoms with Crippen molar-refractivity contribution in [1.29, 1.82) is 0 Å². The molecule has 0 unspecified atom stereocenters. The number of piperazine rings is 1. The lowest BCUT2D eigenvalue weighted by atomic mass is 10.2. The lowest BCUT2D eigenvalue weighted by molar-refractivity contribution is -0.921. The number of aromatic amines is 1. The molecule has 1 saturated heterocycles. The van der Waals surface area contributed by atoms with E-state index in [1.54, 1.807) is 0 Å². The summed E-state index contributed by atoms with van der Waals surface area (Å²) >= 11 is 0. The first kappa shape index (κ1) is 16.5. The minimum absolute atomic E-state index is 0.0711. The highest BCUT2D eigenvalue weighted by molar-refractivity contribution is 5.77. The van der Waals surface area contributed by atoms with Gasteiger partial charge in [-0.25, -0.2) is 4.98 Å². The molecule has 2 aromatic rings. The number of aryl methyl sites for hydroxylation is 1. The highest BCUT2D eigenvalue weighted by atomic mass is 16.5. The molecule has 3 rings (SSSR count). The van der Waals surface area contributed by atoms with E-state index < -0.39 is 0 Å². The second-order valence-corrected chi connectivity index (χ2v) is 6.30. The molecule has 24 heavy (non-hydrogen) atoms. The largest absolute Gasteiger partial charge is 0.484 e. The molecule has 1 fully saturated rings. The first-order valence-electron chi connectivity index (χ1n) is 8.47. The molecular formula is C19H25N3O2+2. The molecule has 5 nitrogen and oxygen atoms in total. The van der Waals surface area contributed by atoms with Gasteiger partial charge in [-0.1, -0.05) is 12.1 Å². The number of aromatic nitrogens is 1. The minimum Gasteiger partial charge on any atom is -0.484 e. The van der Waals surface area contributed by atoms with Crippen LogP contribution in [-0.4, -0.2) is 43.6 Å². The van der Waals surface area contributed by atoms with Crippen LogP contribution in [0.1, 0.15) is 11.3 Å². The van der Waals surface area contributed by atoms with Crippen LogP contribution in [0, 0.1) is 6.92 Å². The monoisotopic (exact) mass is 327 g/mol. The van der Waals surface area contributed by atoms with E-state index in [4.69, 9.17) is 4.74 Å². The van der Waals surface area contributed by atoms with Gasteiger partial charge in [0.25, 0.3) is 5.91 Å². The summed E-state index contributed by atoms with van der Waals surface area (Å²) in [6, 6.07) is 13.9. The van der Waals surface area contributed by atoms with E-state index in [1.807, 2.05) is 54.4 Å². The maximum atomic E-state index is 12.3. The highest BCUT2D eigenvalue weighted by Crippen LogP contribution is 2.12. The van der Waals surface area contributed by atoms with Crippen LogP contribution in [0.2, 0.25) is 0 Å². The van der Waals surface area contributed by atoms with Gasteiger partial charge in [0.15, 0.2) is 19.3 Å². The van der Waals surface area contributed by atoms with Gasteiger partial charge in [0.2, 0.25) is 5.69 Å². The topological polar surface area (TPSA) is 48.1 Å². The maximum Gasteiger partial charge on any atom is 0.260 e. The van der Waals surface area contributed by atoms with Crippen LogP contribution in [0.5, 0.6) is 5.75 Å². The molecule has 0 spiro atoms. The summed E-state index contributed by atoms with van der Waals surface area (Å²) in [5.41, 5.74) is 2.37. The molecule has 5 heteroatoms. The third-order valence-corrected chi connectivity index (χ3v) is 4.39. The van der Waals surface area contributed by atoms with E-state index in [2.05, 4.69) is 11.1 Å². The molecule has 1 aromatic heterocycles. The van der Waals surface area contributed by atoms with E-state index in [-0.39, 0.29) is 12.5 Å². The normalized spacial score (nSPS) is 15.3. The molecule has 0 radical (unpaired) electrons. The average molecular weight is 327 g/mol. The summed E-state index contributed by atoms with van der Waals surface area (Å²) in [6.45, 7) is 6.63. The standard InChI is InChI=1S/C19H23N3O2/c1-16-5-4-7-18(13-16)24-15-19(23)22-11-9-21(10-12-22)14-17-6-2-3-8-20-17/h2-8,13H,9-12,14-15H2,1H3/p+2. The van der Waals surface area contributed by atoms with Gasteiger partial charge in [-0.15, -0.1) is 0 Å². The van der Waals surface area contributed by atoms with Crippen LogP contribution >= 0.6 is 0 Å². The maximum absolute atomic E-state index is 12.3. The summed E-state index contributed by atoms with van der Waals surface area (Å²) in [4.78, 5) is 19.0. The summed E-state index contributed by atoms with van der Waals surface area (Å²) in [5.74, 6) is 0.828. The van der Waals surface area contributed by atoms with Gasteiger partial charge in [-0.3, -0.25) is 4.79 Å². The average Bonchev–Trinajstić information content (AvgIpc) is 2.61. The van der Waals surface area contributed by atoms with Crippen molar-refractivity contribution in [2.45, 2.75) is 13.5 Å². The molecular weight excluding hydrogens is 302 g/mol. The zero-order valence-corrected chi connectivity index (χ0v) is 14.1. The number of rotatable bonds is 5. The minimum atomic E-state index is 0.0711. The first-order valence-corrected chi connectivity index (χ1v) is 8.47. The number of quaternary nitrogens is 1. The van der Waals surface area contributed by atoms with E-state index in [0.29, 0.717) is 0 Å². The molecule has 0 aliphatic carbocycles. The third kappa shape index (κ3) is 4.55. The SMILES string of the molecule is Cc1cccc(OCC(=O)N2CC[NH+](Cc3cccc[nH+]3)CC2)c1. The number of benzene rings is 1. The number of carbonyl (C=O) groups excluding carboxylic acids is 1. The molecule has 2 N–H and O–H groups in total. The Hall–Kier alpha value is -2.40. The summed E-state index contributed by atoms with van der Waals surface area (Å²) < 4.78 is 5.62. The number of ether oxygens (including phenoxy) is 1. The number of H-pyrrole nitrogens is 1. The third-order valence-electron chi connectivity index (χ3n) is 4.39. The Bertz CT molecular complexity index is 667. The predicted molar refractivity (Wildman–Crippen MR) is 90.7 cm³/mol. The highest BCUT2D eigenvalue weighted by Gasteiger charge is 2.25. The number of amides is 1. The Morgan fingerprint density at radius 1 is 1.21 bits per heavy atom. The molecule has 2 heterocycles. The van der Waals surface area contributed by atoms with Gasteiger partial charge in [-0.05, 0) is 30.7 Å². The van der Waals surface area contributed by atoms with Crippen LogP contribution in [0.4, 0.5) is 0 Å². The van der Waals surface area contributed by atoms with Crippen LogP contribution < -0.4 is 14.6 Å². The number of hydrogen-bond acceptors (Lipinski definition) is 2. The van der Waals surface area contributed by atoms with Crippen molar-refractivity contribution in [2.75, 3.05) is 32.8 Å². The van der Waals surface area contributed by atoms with E-state index in [0.717, 1.165) is 44.0 Å². The Labute approximate surface area is 142 Å². The zero-order chi connectivity index (χ0) is 16.8. The fraction of sp³-hybridized carbons (Fsp3) is 0.368. The van der Waals surface area contributed by atoms with Crippen LogP contribution in [0.15, 0.2) is 48.7 Å². The smallest absolute Gasteiger partial charge is 0.260 e. The Kier molecular flexibility index (Phi) is 5.43. The summed E-state index contributed by atoms with van der Waals surface area (Å²) in [7, 11) is 0. The lowest BCUT2D eigenvalue weighted by Crippen LogP contribution is -3.13. The number of pyridine rings is 1. The Morgan fingerprint density at radius 3 is 2.75 bits per heavy atom. The molecule has 0 bridgehead atoms. The fourth-order valence-electron chi connectivity index (χ4n) is 3.00. The van der Waals surface area contributed by atoms with Gasteiger partial charge in [0.1, 0.15) is 5.75 Å². The van der Waals surface area contributed by atoms with Gasteiger partial charge in [0.05, 0.1) is 26.2 Å². The second-order valence-electron chi connectivity index (χ2n) is 6.30. The van der Waals surface area contributed by atoms with Gasteiger partial charge in [-0.2, -0.15) is 0 Å². The fourth-order valence-corrected chi connectivity index (χ4v) is 3.00. The molecule has 1 aliphatic rings. The summed E-state index contributed by atoms with van der Waals surface area (Å²) in [5, 5.41) is 0. The van der Waals surface area contributed by atoms with Gasteiger partial charge < -0.3 is 14.5 Å². The van der Waals surface area contributed by atoms with E-state index in [1.165, 1.54) is 10.6 Å². The number of nitrogens with one attached hydrogen (secondary N) is 2. The number of nitrogens with zero attached hydrogens (tertiary/aromatic N) is 1. The van der Waals surface area contributed by atoms with Crippen molar-refractivity contribution in [2.24, 2.45) is 0 Å². The Balaban J connectivity index is 1.43. The van der Waals surface area contributed by atoms with Crippen LogP contribution in [-0.2, 0) is 11.3 Å².